The first-order valence-corrected chi connectivity index (χ1v) is 5.01. The number of aliphatic hydroxyl groups is 1. The summed E-state index contributed by atoms with van der Waals surface area (Å²) in [6.07, 6.45) is 1.89. The molecule has 0 aliphatic heterocycles. The molecule has 0 bridgehead atoms. The molecule has 88 valence electrons. The molecule has 2 rings (SSSR count). The lowest BCUT2D eigenvalue weighted by atomic mass is 10.2. The van der Waals surface area contributed by atoms with E-state index in [2.05, 4.69) is 4.98 Å². The van der Waals surface area contributed by atoms with Gasteiger partial charge < -0.3 is 9.52 Å². The number of aromatic nitrogens is 1. The first kappa shape index (κ1) is 11.3. The van der Waals surface area contributed by atoms with Crippen LogP contribution in [0.4, 0.5) is 5.69 Å². The van der Waals surface area contributed by atoms with Crippen molar-refractivity contribution in [3.05, 3.63) is 46.5 Å². The lowest BCUT2D eigenvalue weighted by Crippen LogP contribution is -1.88. The number of benzene rings is 1. The standard InChI is InChI=1S/C11H10N2O4/c14-6-5-11-12-7-10(17-11)8-1-3-9(4-2-8)13(15)16/h1-4,7,14H,5-6H2. The zero-order valence-corrected chi connectivity index (χ0v) is 8.87. The number of hydrogen-bond acceptors (Lipinski definition) is 5. The number of aliphatic hydroxyl groups excluding tert-OH is 1. The first-order valence-electron chi connectivity index (χ1n) is 5.01. The van der Waals surface area contributed by atoms with Crippen molar-refractivity contribution in [3.8, 4) is 11.3 Å². The molecule has 0 unspecified atom stereocenters. The SMILES string of the molecule is O=[N+]([O-])c1ccc(-c2cnc(CCO)o2)cc1. The van der Waals surface area contributed by atoms with Crippen LogP contribution in [0.2, 0.25) is 0 Å². The van der Waals surface area contributed by atoms with Gasteiger partial charge in [0.2, 0.25) is 0 Å². The summed E-state index contributed by atoms with van der Waals surface area (Å²) >= 11 is 0. The van der Waals surface area contributed by atoms with Crippen molar-refractivity contribution in [2.24, 2.45) is 0 Å². The smallest absolute Gasteiger partial charge is 0.269 e. The summed E-state index contributed by atoms with van der Waals surface area (Å²) in [7, 11) is 0. The average molecular weight is 234 g/mol. The van der Waals surface area contributed by atoms with Crippen LogP contribution in [0.15, 0.2) is 34.9 Å². The molecule has 6 heteroatoms. The molecule has 0 fully saturated rings. The van der Waals surface area contributed by atoms with Crippen LogP contribution in [-0.4, -0.2) is 21.6 Å². The van der Waals surface area contributed by atoms with Gasteiger partial charge in [-0.15, -0.1) is 0 Å². The molecule has 0 aliphatic carbocycles. The van der Waals surface area contributed by atoms with Gasteiger partial charge in [-0.3, -0.25) is 10.1 Å². The van der Waals surface area contributed by atoms with Gasteiger partial charge in [0.25, 0.3) is 5.69 Å². The van der Waals surface area contributed by atoms with E-state index in [-0.39, 0.29) is 12.3 Å². The van der Waals surface area contributed by atoms with Crippen molar-refractivity contribution in [1.82, 2.24) is 4.98 Å². The molecule has 1 N–H and O–H groups in total. The van der Waals surface area contributed by atoms with Gasteiger partial charge in [0, 0.05) is 24.1 Å². The molecule has 0 amide bonds. The van der Waals surface area contributed by atoms with Crippen molar-refractivity contribution in [2.45, 2.75) is 6.42 Å². The summed E-state index contributed by atoms with van der Waals surface area (Å²) in [4.78, 5) is 14.0. The van der Waals surface area contributed by atoms with E-state index in [0.717, 1.165) is 0 Å². The molecule has 6 nitrogen and oxygen atoms in total. The molecular weight excluding hydrogens is 224 g/mol. The maximum absolute atomic E-state index is 10.5. The Kier molecular flexibility index (Phi) is 3.15. The maximum atomic E-state index is 10.5. The maximum Gasteiger partial charge on any atom is 0.269 e. The molecule has 0 atom stereocenters. The lowest BCUT2D eigenvalue weighted by Gasteiger charge is -1.95. The van der Waals surface area contributed by atoms with Crippen LogP contribution in [0.1, 0.15) is 5.89 Å². The number of rotatable bonds is 4. The zero-order valence-electron chi connectivity index (χ0n) is 8.87. The van der Waals surface area contributed by atoms with E-state index >= 15 is 0 Å². The number of nitro benzene ring substituents is 1. The summed E-state index contributed by atoms with van der Waals surface area (Å²) in [5, 5.41) is 19.2. The Balaban J connectivity index is 2.23. The Morgan fingerprint density at radius 1 is 1.35 bits per heavy atom. The lowest BCUT2D eigenvalue weighted by molar-refractivity contribution is -0.384. The Hall–Kier alpha value is -2.21. The van der Waals surface area contributed by atoms with Gasteiger partial charge in [-0.25, -0.2) is 4.98 Å². The average Bonchev–Trinajstić information content (AvgIpc) is 2.78. The van der Waals surface area contributed by atoms with Crippen molar-refractivity contribution < 1.29 is 14.4 Å². The van der Waals surface area contributed by atoms with Gasteiger partial charge in [-0.2, -0.15) is 0 Å². The minimum Gasteiger partial charge on any atom is -0.441 e. The zero-order chi connectivity index (χ0) is 12.3. The van der Waals surface area contributed by atoms with Gasteiger partial charge in [0.15, 0.2) is 11.7 Å². The van der Waals surface area contributed by atoms with Crippen LogP contribution in [-0.2, 0) is 6.42 Å². The predicted molar refractivity (Wildman–Crippen MR) is 59.4 cm³/mol. The van der Waals surface area contributed by atoms with Gasteiger partial charge in [-0.1, -0.05) is 0 Å². The summed E-state index contributed by atoms with van der Waals surface area (Å²) in [5.41, 5.74) is 0.746. The van der Waals surface area contributed by atoms with E-state index in [9.17, 15) is 10.1 Å². The van der Waals surface area contributed by atoms with Crippen molar-refractivity contribution >= 4 is 5.69 Å². The van der Waals surface area contributed by atoms with Gasteiger partial charge >= 0.3 is 0 Å². The predicted octanol–water partition coefficient (Wildman–Crippen LogP) is 1.78. The van der Waals surface area contributed by atoms with Crippen LogP contribution in [0.25, 0.3) is 11.3 Å². The molecule has 1 heterocycles. The summed E-state index contributed by atoms with van der Waals surface area (Å²) in [5.74, 6) is 0.976. The summed E-state index contributed by atoms with van der Waals surface area (Å²) < 4.78 is 5.37. The molecule has 0 spiro atoms. The van der Waals surface area contributed by atoms with E-state index < -0.39 is 4.92 Å². The first-order chi connectivity index (χ1) is 8.20. The highest BCUT2D eigenvalue weighted by Crippen LogP contribution is 2.23. The van der Waals surface area contributed by atoms with Crippen LogP contribution >= 0.6 is 0 Å². The van der Waals surface area contributed by atoms with E-state index in [4.69, 9.17) is 9.52 Å². The largest absolute Gasteiger partial charge is 0.441 e. The second-order valence-corrected chi connectivity index (χ2v) is 3.40. The highest BCUT2D eigenvalue weighted by atomic mass is 16.6. The molecule has 0 aliphatic rings. The number of non-ortho nitro benzene ring substituents is 1. The van der Waals surface area contributed by atoms with E-state index in [1.165, 1.54) is 18.3 Å². The Bertz CT molecular complexity index is 519. The minimum atomic E-state index is -0.457. The van der Waals surface area contributed by atoms with Crippen molar-refractivity contribution in [1.29, 1.82) is 0 Å². The summed E-state index contributed by atoms with van der Waals surface area (Å²) in [6, 6.07) is 6.01. The molecule has 0 radical (unpaired) electrons. The number of oxazole rings is 1. The van der Waals surface area contributed by atoms with Gasteiger partial charge in [0.1, 0.15) is 0 Å². The normalized spacial score (nSPS) is 10.4. The van der Waals surface area contributed by atoms with Gasteiger partial charge in [-0.05, 0) is 12.1 Å². The fourth-order valence-electron chi connectivity index (χ4n) is 1.40. The highest BCUT2D eigenvalue weighted by Gasteiger charge is 2.08. The fraction of sp³-hybridized carbons (Fsp3) is 0.182. The van der Waals surface area contributed by atoms with Gasteiger partial charge in [0.05, 0.1) is 17.7 Å². The van der Waals surface area contributed by atoms with E-state index in [1.54, 1.807) is 12.1 Å². The fourth-order valence-corrected chi connectivity index (χ4v) is 1.40. The number of nitrogens with zero attached hydrogens (tertiary/aromatic N) is 2. The quantitative estimate of drug-likeness (QED) is 0.643. The van der Waals surface area contributed by atoms with E-state index in [0.29, 0.717) is 23.6 Å². The monoisotopic (exact) mass is 234 g/mol. The highest BCUT2D eigenvalue weighted by molar-refractivity contribution is 5.58. The van der Waals surface area contributed by atoms with Crippen LogP contribution in [0, 0.1) is 10.1 Å². The van der Waals surface area contributed by atoms with Crippen molar-refractivity contribution in [2.75, 3.05) is 6.61 Å². The van der Waals surface area contributed by atoms with Crippen molar-refractivity contribution in [3.63, 3.8) is 0 Å². The third-order valence-corrected chi connectivity index (χ3v) is 2.24. The molecule has 0 saturated heterocycles. The summed E-state index contributed by atoms with van der Waals surface area (Å²) in [6.45, 7) is -0.0276. The third kappa shape index (κ3) is 2.48. The van der Waals surface area contributed by atoms with Crippen LogP contribution in [0.3, 0.4) is 0 Å². The van der Waals surface area contributed by atoms with E-state index in [1.807, 2.05) is 0 Å². The second kappa shape index (κ2) is 4.75. The number of nitro groups is 1. The molecule has 1 aromatic carbocycles. The topological polar surface area (TPSA) is 89.4 Å². The Morgan fingerprint density at radius 3 is 2.65 bits per heavy atom. The second-order valence-electron chi connectivity index (χ2n) is 3.40. The molecular formula is C11H10N2O4. The Morgan fingerprint density at radius 2 is 2.06 bits per heavy atom. The number of hydrogen-bond donors (Lipinski definition) is 1. The Labute approximate surface area is 96.7 Å². The van der Waals surface area contributed by atoms with Crippen LogP contribution < -0.4 is 0 Å². The molecule has 1 aromatic heterocycles. The minimum absolute atomic E-state index is 0.0276. The molecule has 0 saturated carbocycles. The molecule has 2 aromatic rings. The van der Waals surface area contributed by atoms with Crippen LogP contribution in [0.5, 0.6) is 0 Å². The third-order valence-electron chi connectivity index (χ3n) is 2.24. The molecule has 17 heavy (non-hydrogen) atoms.